The Morgan fingerprint density at radius 2 is 2.13 bits per heavy atom. The molecule has 1 fully saturated rings. The number of carbonyl (C=O) groups is 1. The van der Waals surface area contributed by atoms with Gasteiger partial charge < -0.3 is 0 Å². The Hall–Kier alpha value is -1.18. The minimum Gasteiger partial charge on any atom is -0.299 e. The number of benzene rings is 1. The van der Waals surface area contributed by atoms with Crippen molar-refractivity contribution >= 4 is 5.78 Å². The Balaban J connectivity index is 2.10. The minimum absolute atomic E-state index is 0.101. The van der Waals surface area contributed by atoms with Crippen LogP contribution in [0.3, 0.4) is 0 Å². The summed E-state index contributed by atoms with van der Waals surface area (Å²) in [5.41, 5.74) is 0.740. The topological polar surface area (TPSA) is 17.1 Å². The molecule has 0 N–H and O–H groups in total. The average Bonchev–Trinajstić information content (AvgIpc) is 2.53. The first-order valence-corrected chi connectivity index (χ1v) is 5.44. The van der Waals surface area contributed by atoms with Crippen molar-refractivity contribution in [2.24, 2.45) is 11.8 Å². The third-order valence-electron chi connectivity index (χ3n) is 3.42. The SMILES string of the molecule is CC1C(=O)CCC1Cc1ccccc1F. The second-order valence-electron chi connectivity index (χ2n) is 4.35. The van der Waals surface area contributed by atoms with Gasteiger partial charge in [0.2, 0.25) is 0 Å². The van der Waals surface area contributed by atoms with E-state index in [4.69, 9.17) is 0 Å². The predicted octanol–water partition coefficient (Wildman–Crippen LogP) is 2.98. The van der Waals surface area contributed by atoms with E-state index in [2.05, 4.69) is 0 Å². The second kappa shape index (κ2) is 4.13. The molecule has 2 heteroatoms. The Morgan fingerprint density at radius 1 is 1.40 bits per heavy atom. The van der Waals surface area contributed by atoms with Gasteiger partial charge in [0.15, 0.2) is 0 Å². The number of hydrogen-bond acceptors (Lipinski definition) is 1. The van der Waals surface area contributed by atoms with E-state index in [9.17, 15) is 9.18 Å². The monoisotopic (exact) mass is 206 g/mol. The molecule has 0 spiro atoms. The molecular weight excluding hydrogens is 191 g/mol. The summed E-state index contributed by atoms with van der Waals surface area (Å²) in [4.78, 5) is 11.4. The third-order valence-corrected chi connectivity index (χ3v) is 3.42. The molecule has 0 aliphatic heterocycles. The molecule has 1 nitrogen and oxygen atoms in total. The summed E-state index contributed by atoms with van der Waals surface area (Å²) in [6, 6.07) is 6.84. The Kier molecular flexibility index (Phi) is 2.85. The lowest BCUT2D eigenvalue weighted by molar-refractivity contribution is -0.120. The largest absolute Gasteiger partial charge is 0.299 e. The first-order chi connectivity index (χ1) is 7.18. The minimum atomic E-state index is -0.149. The van der Waals surface area contributed by atoms with Crippen LogP contribution in [0.5, 0.6) is 0 Å². The van der Waals surface area contributed by atoms with Crippen LogP contribution < -0.4 is 0 Å². The zero-order chi connectivity index (χ0) is 10.8. The van der Waals surface area contributed by atoms with Gasteiger partial charge in [-0.3, -0.25) is 4.79 Å². The predicted molar refractivity (Wildman–Crippen MR) is 57.0 cm³/mol. The van der Waals surface area contributed by atoms with E-state index in [0.717, 1.165) is 12.0 Å². The molecule has 2 rings (SSSR count). The van der Waals surface area contributed by atoms with Gasteiger partial charge in [-0.25, -0.2) is 4.39 Å². The first kappa shape index (κ1) is 10.3. The van der Waals surface area contributed by atoms with Gasteiger partial charge in [0.05, 0.1) is 0 Å². The lowest BCUT2D eigenvalue weighted by atomic mass is 9.90. The van der Waals surface area contributed by atoms with Gasteiger partial charge in [0, 0.05) is 12.3 Å². The molecule has 2 unspecified atom stereocenters. The number of hydrogen-bond donors (Lipinski definition) is 0. The van der Waals surface area contributed by atoms with Crippen LogP contribution in [0.4, 0.5) is 4.39 Å². The highest BCUT2D eigenvalue weighted by atomic mass is 19.1. The van der Waals surface area contributed by atoms with Crippen LogP contribution in [0.2, 0.25) is 0 Å². The first-order valence-electron chi connectivity index (χ1n) is 5.44. The maximum Gasteiger partial charge on any atom is 0.135 e. The molecule has 1 saturated carbocycles. The van der Waals surface area contributed by atoms with Crippen LogP contribution in [0.1, 0.15) is 25.3 Å². The molecule has 0 saturated heterocycles. The number of rotatable bonds is 2. The van der Waals surface area contributed by atoms with Crippen molar-refractivity contribution in [2.75, 3.05) is 0 Å². The lowest BCUT2D eigenvalue weighted by Gasteiger charge is -2.14. The molecule has 15 heavy (non-hydrogen) atoms. The number of Topliss-reactive ketones (excluding diaryl/α,β-unsaturated/α-hetero) is 1. The standard InChI is InChI=1S/C13H15FO/c1-9-10(6-7-13(9)15)8-11-4-2-3-5-12(11)14/h2-5,9-10H,6-8H2,1H3. The molecule has 80 valence electrons. The number of ketones is 1. The fraction of sp³-hybridized carbons (Fsp3) is 0.462. The Bertz CT molecular complexity index is 373. The number of carbonyl (C=O) groups excluding carboxylic acids is 1. The highest BCUT2D eigenvalue weighted by Gasteiger charge is 2.31. The Labute approximate surface area is 89.3 Å². The van der Waals surface area contributed by atoms with Gasteiger partial charge in [-0.05, 0) is 30.4 Å². The van der Waals surface area contributed by atoms with Gasteiger partial charge >= 0.3 is 0 Å². The number of halogens is 1. The van der Waals surface area contributed by atoms with Crippen LogP contribution >= 0.6 is 0 Å². The van der Waals surface area contributed by atoms with E-state index < -0.39 is 0 Å². The van der Waals surface area contributed by atoms with Crippen molar-refractivity contribution in [2.45, 2.75) is 26.2 Å². The summed E-state index contributed by atoms with van der Waals surface area (Å²) in [5.74, 6) is 0.611. The van der Waals surface area contributed by atoms with Crippen LogP contribution in [-0.4, -0.2) is 5.78 Å². The van der Waals surface area contributed by atoms with Gasteiger partial charge in [-0.1, -0.05) is 25.1 Å². The molecule has 0 amide bonds. The van der Waals surface area contributed by atoms with Crippen LogP contribution in [-0.2, 0) is 11.2 Å². The highest BCUT2D eigenvalue weighted by molar-refractivity contribution is 5.83. The molecular formula is C13H15FO. The van der Waals surface area contributed by atoms with Crippen LogP contribution in [0, 0.1) is 17.7 Å². The summed E-state index contributed by atoms with van der Waals surface area (Å²) >= 11 is 0. The van der Waals surface area contributed by atoms with Crippen molar-refractivity contribution in [3.8, 4) is 0 Å². The molecule has 0 aromatic heterocycles. The quantitative estimate of drug-likeness (QED) is 0.727. The van der Waals surface area contributed by atoms with Crippen molar-refractivity contribution in [1.82, 2.24) is 0 Å². The molecule has 1 aromatic carbocycles. The molecule has 1 aliphatic rings. The van der Waals surface area contributed by atoms with E-state index >= 15 is 0 Å². The van der Waals surface area contributed by atoms with Crippen molar-refractivity contribution in [1.29, 1.82) is 0 Å². The zero-order valence-corrected chi connectivity index (χ0v) is 8.87. The van der Waals surface area contributed by atoms with Crippen LogP contribution in [0.25, 0.3) is 0 Å². The van der Waals surface area contributed by atoms with E-state index in [1.165, 1.54) is 6.07 Å². The van der Waals surface area contributed by atoms with Gasteiger partial charge in [-0.2, -0.15) is 0 Å². The Morgan fingerprint density at radius 3 is 2.73 bits per heavy atom. The summed E-state index contributed by atoms with van der Waals surface area (Å²) < 4.78 is 13.4. The van der Waals surface area contributed by atoms with Gasteiger partial charge in [-0.15, -0.1) is 0 Å². The van der Waals surface area contributed by atoms with Crippen molar-refractivity contribution in [3.05, 3.63) is 35.6 Å². The highest BCUT2D eigenvalue weighted by Crippen LogP contribution is 2.31. The van der Waals surface area contributed by atoms with Crippen molar-refractivity contribution < 1.29 is 9.18 Å². The van der Waals surface area contributed by atoms with Gasteiger partial charge in [0.25, 0.3) is 0 Å². The molecule has 0 bridgehead atoms. The maximum atomic E-state index is 13.4. The van der Waals surface area contributed by atoms with Crippen molar-refractivity contribution in [3.63, 3.8) is 0 Å². The average molecular weight is 206 g/mol. The summed E-state index contributed by atoms with van der Waals surface area (Å²) in [5, 5.41) is 0. The maximum absolute atomic E-state index is 13.4. The molecule has 1 aromatic rings. The van der Waals surface area contributed by atoms with Crippen LogP contribution in [0.15, 0.2) is 24.3 Å². The normalized spacial score (nSPS) is 25.9. The zero-order valence-electron chi connectivity index (χ0n) is 8.87. The van der Waals surface area contributed by atoms with Gasteiger partial charge in [0.1, 0.15) is 11.6 Å². The third kappa shape index (κ3) is 2.09. The lowest BCUT2D eigenvalue weighted by Crippen LogP contribution is -2.13. The second-order valence-corrected chi connectivity index (χ2v) is 4.35. The molecule has 1 aliphatic carbocycles. The van der Waals surface area contributed by atoms with E-state index in [1.807, 2.05) is 19.1 Å². The smallest absolute Gasteiger partial charge is 0.135 e. The van der Waals surface area contributed by atoms with E-state index in [-0.39, 0.29) is 11.7 Å². The molecule has 2 atom stereocenters. The fourth-order valence-corrected chi connectivity index (χ4v) is 2.29. The summed E-state index contributed by atoms with van der Waals surface area (Å²) in [6.45, 7) is 1.96. The van der Waals surface area contributed by atoms with E-state index in [1.54, 1.807) is 6.07 Å². The fourth-order valence-electron chi connectivity index (χ4n) is 2.29. The summed E-state index contributed by atoms with van der Waals surface area (Å²) in [7, 11) is 0. The molecule has 0 radical (unpaired) electrons. The molecule has 0 heterocycles. The summed E-state index contributed by atoms with van der Waals surface area (Å²) in [6.07, 6.45) is 2.27. The van der Waals surface area contributed by atoms with E-state index in [0.29, 0.717) is 24.5 Å².